The van der Waals surface area contributed by atoms with E-state index in [2.05, 4.69) is 5.32 Å². The van der Waals surface area contributed by atoms with Gasteiger partial charge in [-0.1, -0.05) is 6.07 Å². The third-order valence-corrected chi connectivity index (χ3v) is 6.31. The summed E-state index contributed by atoms with van der Waals surface area (Å²) in [5.74, 6) is 3.05. The molecule has 1 unspecified atom stereocenters. The van der Waals surface area contributed by atoms with Gasteiger partial charge in [-0.25, -0.2) is 4.68 Å². The summed E-state index contributed by atoms with van der Waals surface area (Å²) >= 11 is 1.57. The number of hydrogen-bond donors (Lipinski definition) is 1. The molecule has 1 aliphatic heterocycles. The van der Waals surface area contributed by atoms with Gasteiger partial charge in [0.15, 0.2) is 11.5 Å². The van der Waals surface area contributed by atoms with E-state index < -0.39 is 0 Å². The van der Waals surface area contributed by atoms with Crippen molar-refractivity contribution < 1.29 is 19.0 Å². The first kappa shape index (κ1) is 20.2. The average molecular weight is 426 g/mol. The Morgan fingerprint density at radius 3 is 2.43 bits per heavy atom. The van der Waals surface area contributed by atoms with Crippen molar-refractivity contribution in [1.29, 1.82) is 0 Å². The third kappa shape index (κ3) is 3.59. The van der Waals surface area contributed by atoms with Crippen LogP contribution in [0.25, 0.3) is 5.69 Å². The normalized spacial score (nSPS) is 15.7. The van der Waals surface area contributed by atoms with Crippen molar-refractivity contribution in [2.45, 2.75) is 12.2 Å². The second-order valence-electron chi connectivity index (χ2n) is 6.81. The van der Waals surface area contributed by atoms with E-state index in [4.69, 9.17) is 19.3 Å². The number of nitrogens with zero attached hydrogens (tertiary/aromatic N) is 2. The van der Waals surface area contributed by atoms with Crippen LogP contribution in [0.1, 0.15) is 22.1 Å². The summed E-state index contributed by atoms with van der Waals surface area (Å²) in [5.41, 5.74) is 3.70. The van der Waals surface area contributed by atoms with Crippen molar-refractivity contribution in [2.75, 3.05) is 32.4 Å². The molecule has 8 heteroatoms. The molecule has 0 radical (unpaired) electrons. The minimum absolute atomic E-state index is 0.0566. The molecule has 1 aliphatic rings. The number of methoxy groups -OCH3 is 3. The van der Waals surface area contributed by atoms with Gasteiger partial charge in [0.05, 0.1) is 43.7 Å². The molecule has 2 heterocycles. The minimum Gasteiger partial charge on any atom is -0.497 e. The lowest BCUT2D eigenvalue weighted by Crippen LogP contribution is -2.15. The summed E-state index contributed by atoms with van der Waals surface area (Å²) in [6.07, 6.45) is 0. The van der Waals surface area contributed by atoms with Crippen LogP contribution in [0.4, 0.5) is 5.82 Å². The quantitative estimate of drug-likeness (QED) is 0.667. The number of aromatic nitrogens is 2. The van der Waals surface area contributed by atoms with E-state index in [1.165, 1.54) is 0 Å². The molecule has 30 heavy (non-hydrogen) atoms. The zero-order chi connectivity index (χ0) is 21.3. The monoisotopic (exact) mass is 425 g/mol. The van der Waals surface area contributed by atoms with Crippen LogP contribution < -0.4 is 19.5 Å². The van der Waals surface area contributed by atoms with Crippen molar-refractivity contribution >= 4 is 23.5 Å². The van der Waals surface area contributed by atoms with E-state index in [1.807, 2.05) is 49.4 Å². The number of carbonyl (C=O) groups is 1. The van der Waals surface area contributed by atoms with Crippen molar-refractivity contribution in [3.8, 4) is 22.9 Å². The lowest BCUT2D eigenvalue weighted by Gasteiger charge is -2.17. The number of benzene rings is 2. The van der Waals surface area contributed by atoms with Gasteiger partial charge in [-0.15, -0.1) is 11.8 Å². The molecule has 3 aromatic rings. The van der Waals surface area contributed by atoms with Crippen molar-refractivity contribution in [3.05, 3.63) is 59.3 Å². The van der Waals surface area contributed by atoms with Gasteiger partial charge < -0.3 is 19.5 Å². The number of hydrogen-bond acceptors (Lipinski definition) is 6. The van der Waals surface area contributed by atoms with Gasteiger partial charge in [-0.3, -0.25) is 4.79 Å². The molecular formula is C22H23N3O4S. The summed E-state index contributed by atoms with van der Waals surface area (Å²) in [7, 11) is 4.86. The third-order valence-electron chi connectivity index (χ3n) is 5.04. The standard InChI is InChI=1S/C22H23N3O4S/c1-13-20-21(14-5-10-17(28-3)18(11-14)29-4)30-12-19(26)23-22(20)25(24-13)15-6-8-16(27-2)9-7-15/h5-11,21H,12H2,1-4H3,(H,23,26). The van der Waals surface area contributed by atoms with Crippen molar-refractivity contribution in [1.82, 2.24) is 9.78 Å². The highest BCUT2D eigenvalue weighted by atomic mass is 32.2. The van der Waals surface area contributed by atoms with E-state index in [9.17, 15) is 4.79 Å². The fraction of sp³-hybridized carbons (Fsp3) is 0.273. The number of rotatable bonds is 5. The Bertz CT molecular complexity index is 1080. The Balaban J connectivity index is 1.84. The predicted molar refractivity (Wildman–Crippen MR) is 117 cm³/mol. The smallest absolute Gasteiger partial charge is 0.235 e. The molecule has 4 rings (SSSR count). The van der Waals surface area contributed by atoms with Crippen molar-refractivity contribution in [2.24, 2.45) is 0 Å². The molecule has 0 spiro atoms. The van der Waals surface area contributed by atoms with Gasteiger partial charge in [0.25, 0.3) is 0 Å². The molecule has 0 bridgehead atoms. The topological polar surface area (TPSA) is 74.6 Å². The summed E-state index contributed by atoms with van der Waals surface area (Å²) in [4.78, 5) is 12.5. The second-order valence-corrected chi connectivity index (χ2v) is 7.90. The maximum absolute atomic E-state index is 12.5. The van der Waals surface area contributed by atoms with Crippen LogP contribution in [-0.4, -0.2) is 42.8 Å². The average Bonchev–Trinajstić information content (AvgIpc) is 2.98. The second kappa shape index (κ2) is 8.31. The molecule has 1 aromatic heterocycles. The van der Waals surface area contributed by atoms with Crippen LogP contribution in [0.3, 0.4) is 0 Å². The number of fused-ring (bicyclic) bond motifs is 1. The Morgan fingerprint density at radius 2 is 1.77 bits per heavy atom. The van der Waals surface area contributed by atoms with Gasteiger partial charge in [-0.2, -0.15) is 5.10 Å². The lowest BCUT2D eigenvalue weighted by molar-refractivity contribution is -0.113. The number of ether oxygens (including phenoxy) is 3. The van der Waals surface area contributed by atoms with Crippen LogP contribution in [0, 0.1) is 6.92 Å². The molecule has 0 saturated carbocycles. The highest BCUT2D eigenvalue weighted by Crippen LogP contribution is 2.45. The first-order chi connectivity index (χ1) is 14.5. The number of anilines is 1. The molecule has 156 valence electrons. The Labute approximate surface area is 179 Å². The summed E-state index contributed by atoms with van der Waals surface area (Å²) < 4.78 is 17.9. The molecule has 0 aliphatic carbocycles. The molecular weight excluding hydrogens is 402 g/mol. The van der Waals surface area contributed by atoms with E-state index in [1.54, 1.807) is 37.8 Å². The maximum Gasteiger partial charge on any atom is 0.235 e. The van der Waals surface area contributed by atoms with Crippen LogP contribution in [0.15, 0.2) is 42.5 Å². The number of carbonyl (C=O) groups excluding carboxylic acids is 1. The first-order valence-electron chi connectivity index (χ1n) is 9.43. The van der Waals surface area contributed by atoms with E-state index >= 15 is 0 Å². The zero-order valence-electron chi connectivity index (χ0n) is 17.3. The van der Waals surface area contributed by atoms with E-state index in [0.29, 0.717) is 23.1 Å². The van der Waals surface area contributed by atoms with Crippen LogP contribution in [0.2, 0.25) is 0 Å². The van der Waals surface area contributed by atoms with E-state index in [-0.39, 0.29) is 11.2 Å². The van der Waals surface area contributed by atoms with Gasteiger partial charge in [0, 0.05) is 5.56 Å². The Morgan fingerprint density at radius 1 is 1.03 bits per heavy atom. The Hall–Kier alpha value is -3.13. The SMILES string of the molecule is COc1ccc(-n2nc(C)c3c2NC(=O)CSC3c2ccc(OC)c(OC)c2)cc1. The molecule has 2 aromatic carbocycles. The summed E-state index contributed by atoms with van der Waals surface area (Å²) in [5, 5.41) is 7.70. The summed E-state index contributed by atoms with van der Waals surface area (Å²) in [6.45, 7) is 1.96. The lowest BCUT2D eigenvalue weighted by atomic mass is 10.0. The number of amides is 1. The predicted octanol–water partition coefficient (Wildman–Crippen LogP) is 3.98. The van der Waals surface area contributed by atoms with Crippen molar-refractivity contribution in [3.63, 3.8) is 0 Å². The summed E-state index contributed by atoms with van der Waals surface area (Å²) in [6, 6.07) is 13.4. The van der Waals surface area contributed by atoms with Gasteiger partial charge in [-0.05, 0) is 48.9 Å². The fourth-order valence-corrected chi connectivity index (χ4v) is 4.75. The van der Waals surface area contributed by atoms with Crippen LogP contribution in [0.5, 0.6) is 17.2 Å². The largest absolute Gasteiger partial charge is 0.497 e. The van der Waals surface area contributed by atoms with E-state index in [0.717, 1.165) is 28.3 Å². The molecule has 1 atom stereocenters. The molecule has 0 saturated heterocycles. The number of thioether (sulfide) groups is 1. The molecule has 1 amide bonds. The zero-order valence-corrected chi connectivity index (χ0v) is 18.1. The first-order valence-corrected chi connectivity index (χ1v) is 10.5. The fourth-order valence-electron chi connectivity index (χ4n) is 3.57. The number of aryl methyl sites for hydroxylation is 1. The molecule has 1 N–H and O–H groups in total. The maximum atomic E-state index is 12.5. The highest BCUT2D eigenvalue weighted by molar-refractivity contribution is 8.00. The van der Waals surface area contributed by atoms with Gasteiger partial charge in [0.2, 0.25) is 5.91 Å². The Kier molecular flexibility index (Phi) is 5.59. The van der Waals surface area contributed by atoms with Crippen LogP contribution >= 0.6 is 11.8 Å². The van der Waals surface area contributed by atoms with Crippen LogP contribution in [-0.2, 0) is 4.79 Å². The minimum atomic E-state index is -0.0780. The van der Waals surface area contributed by atoms with Gasteiger partial charge in [0.1, 0.15) is 11.6 Å². The van der Waals surface area contributed by atoms with Gasteiger partial charge >= 0.3 is 0 Å². The molecule has 0 fully saturated rings. The molecule has 7 nitrogen and oxygen atoms in total. The highest BCUT2D eigenvalue weighted by Gasteiger charge is 2.31. The number of nitrogens with one attached hydrogen (secondary N) is 1.